The van der Waals surface area contributed by atoms with Crippen LogP contribution in [0.4, 0.5) is 11.4 Å². The summed E-state index contributed by atoms with van der Waals surface area (Å²) in [5, 5.41) is 9.60. The number of rotatable bonds is 2. The molecule has 0 saturated heterocycles. The number of phenols is 1. The van der Waals surface area contributed by atoms with E-state index in [2.05, 4.69) is 0 Å². The topological polar surface area (TPSA) is 89.3 Å². The molecule has 0 aliphatic rings. The number of benzene rings is 2. The molecule has 0 aromatic heterocycles. The molecule has 0 aliphatic heterocycles. The molecule has 0 heterocycles. The van der Waals surface area contributed by atoms with E-state index in [1.165, 1.54) is 12.1 Å². The number of phenolic OH excluding ortho intramolecular Hbond substituents is 1. The summed E-state index contributed by atoms with van der Waals surface area (Å²) in [6, 6.07) is 9.56. The number of nitrogens with two attached hydrogens (primary N) is 2. The molecule has 2 rings (SSSR count). The first-order valence-corrected chi connectivity index (χ1v) is 5.48. The molecule has 0 bridgehead atoms. The highest BCUT2D eigenvalue weighted by Crippen LogP contribution is 2.22. The van der Waals surface area contributed by atoms with Crippen LogP contribution in [0.3, 0.4) is 0 Å². The first-order valence-electron chi connectivity index (χ1n) is 5.48. The lowest BCUT2D eigenvalue weighted by Gasteiger charge is -2.06. The van der Waals surface area contributed by atoms with Gasteiger partial charge in [-0.15, -0.1) is 0 Å². The summed E-state index contributed by atoms with van der Waals surface area (Å²) in [6.45, 7) is 1.77. The van der Waals surface area contributed by atoms with E-state index in [1.54, 1.807) is 31.2 Å². The summed E-state index contributed by atoms with van der Waals surface area (Å²) in [4.78, 5) is 12.2. The molecule has 4 heteroatoms. The van der Waals surface area contributed by atoms with Crippen LogP contribution < -0.4 is 11.5 Å². The number of aryl methyl sites for hydroxylation is 1. The Morgan fingerprint density at radius 2 is 1.61 bits per heavy atom. The first kappa shape index (κ1) is 12.0. The van der Waals surface area contributed by atoms with Crippen LogP contribution in [0.1, 0.15) is 21.5 Å². The highest BCUT2D eigenvalue weighted by Gasteiger charge is 2.11. The minimum atomic E-state index is -0.197. The van der Waals surface area contributed by atoms with Crippen LogP contribution in [0.15, 0.2) is 36.4 Å². The van der Waals surface area contributed by atoms with Crippen LogP contribution in [0, 0.1) is 6.92 Å². The molecule has 0 radical (unpaired) electrons. The van der Waals surface area contributed by atoms with Crippen molar-refractivity contribution in [1.82, 2.24) is 0 Å². The largest absolute Gasteiger partial charge is 0.508 e. The number of aromatic hydroxyl groups is 1. The van der Waals surface area contributed by atoms with Crippen LogP contribution in [0.25, 0.3) is 0 Å². The lowest BCUT2D eigenvalue weighted by molar-refractivity contribution is 0.103. The predicted molar refractivity (Wildman–Crippen MR) is 71.5 cm³/mol. The Morgan fingerprint density at radius 1 is 1.00 bits per heavy atom. The smallest absolute Gasteiger partial charge is 0.193 e. The number of carbonyl (C=O) groups excluding carboxylic acids is 1. The van der Waals surface area contributed by atoms with E-state index in [4.69, 9.17) is 11.5 Å². The van der Waals surface area contributed by atoms with Crippen LogP contribution in [0.2, 0.25) is 0 Å². The molecule has 2 aromatic carbocycles. The summed E-state index contributed by atoms with van der Waals surface area (Å²) in [7, 11) is 0. The average Bonchev–Trinajstić information content (AvgIpc) is 2.35. The van der Waals surface area contributed by atoms with Crippen molar-refractivity contribution >= 4 is 17.2 Å². The molecule has 0 saturated carbocycles. The van der Waals surface area contributed by atoms with Gasteiger partial charge >= 0.3 is 0 Å². The van der Waals surface area contributed by atoms with E-state index in [0.717, 1.165) is 5.56 Å². The molecular weight excluding hydrogens is 228 g/mol. The van der Waals surface area contributed by atoms with Gasteiger partial charge < -0.3 is 16.6 Å². The minimum absolute atomic E-state index is 0.101. The Labute approximate surface area is 105 Å². The Bertz CT molecular complexity index is 568. The number of ketones is 1. The molecule has 2 aromatic rings. The van der Waals surface area contributed by atoms with Gasteiger partial charge in [-0.05, 0) is 36.8 Å². The summed E-state index contributed by atoms with van der Waals surface area (Å²) < 4.78 is 0. The van der Waals surface area contributed by atoms with Crippen molar-refractivity contribution in [2.45, 2.75) is 6.92 Å². The number of carbonyl (C=O) groups is 1. The maximum absolute atomic E-state index is 12.2. The maximum Gasteiger partial charge on any atom is 0.193 e. The maximum atomic E-state index is 12.2. The fourth-order valence-electron chi connectivity index (χ4n) is 1.63. The Hall–Kier alpha value is -2.49. The van der Waals surface area contributed by atoms with Gasteiger partial charge in [0, 0.05) is 11.1 Å². The Morgan fingerprint density at radius 3 is 2.22 bits per heavy atom. The van der Waals surface area contributed by atoms with E-state index < -0.39 is 0 Å². The van der Waals surface area contributed by atoms with Gasteiger partial charge in [0.05, 0.1) is 11.4 Å². The molecule has 4 nitrogen and oxygen atoms in total. The summed E-state index contributed by atoms with van der Waals surface area (Å²) in [5.74, 6) is -0.0960. The fourth-order valence-corrected chi connectivity index (χ4v) is 1.63. The Kier molecular flexibility index (Phi) is 2.93. The van der Waals surface area contributed by atoms with Crippen LogP contribution in [-0.4, -0.2) is 10.9 Å². The molecule has 0 spiro atoms. The van der Waals surface area contributed by atoms with Crippen molar-refractivity contribution in [1.29, 1.82) is 0 Å². The van der Waals surface area contributed by atoms with Crippen molar-refractivity contribution in [2.75, 3.05) is 11.5 Å². The number of nitrogen functional groups attached to an aromatic ring is 2. The van der Waals surface area contributed by atoms with E-state index in [0.29, 0.717) is 22.5 Å². The number of hydrogen-bond acceptors (Lipinski definition) is 4. The second-order valence-electron chi connectivity index (χ2n) is 4.17. The third-order valence-electron chi connectivity index (χ3n) is 2.82. The summed E-state index contributed by atoms with van der Waals surface area (Å²) in [6.07, 6.45) is 0. The van der Waals surface area contributed by atoms with Crippen molar-refractivity contribution in [3.8, 4) is 5.75 Å². The van der Waals surface area contributed by atoms with Gasteiger partial charge in [0.25, 0.3) is 0 Å². The normalized spacial score (nSPS) is 10.3. The van der Waals surface area contributed by atoms with Gasteiger partial charge in [-0.2, -0.15) is 0 Å². The monoisotopic (exact) mass is 242 g/mol. The van der Waals surface area contributed by atoms with Gasteiger partial charge in [0.15, 0.2) is 5.78 Å². The molecule has 0 unspecified atom stereocenters. The van der Waals surface area contributed by atoms with Crippen molar-refractivity contribution in [3.05, 3.63) is 53.1 Å². The predicted octanol–water partition coefficient (Wildman–Crippen LogP) is 2.10. The van der Waals surface area contributed by atoms with Crippen molar-refractivity contribution < 1.29 is 9.90 Å². The molecule has 92 valence electrons. The second-order valence-corrected chi connectivity index (χ2v) is 4.17. The second kappa shape index (κ2) is 4.41. The Balaban J connectivity index is 2.41. The SMILES string of the molecule is Cc1ccc(C(=O)c2ccc(N)c(N)c2)cc1O. The highest BCUT2D eigenvalue weighted by molar-refractivity contribution is 6.10. The number of hydrogen-bond donors (Lipinski definition) is 3. The quantitative estimate of drug-likeness (QED) is 0.555. The van der Waals surface area contributed by atoms with Crippen LogP contribution in [0.5, 0.6) is 5.75 Å². The van der Waals surface area contributed by atoms with Gasteiger partial charge in [-0.1, -0.05) is 12.1 Å². The van der Waals surface area contributed by atoms with Crippen LogP contribution in [-0.2, 0) is 0 Å². The van der Waals surface area contributed by atoms with Crippen molar-refractivity contribution in [3.63, 3.8) is 0 Å². The molecular formula is C14H14N2O2. The lowest BCUT2D eigenvalue weighted by atomic mass is 10.0. The lowest BCUT2D eigenvalue weighted by Crippen LogP contribution is -2.03. The average molecular weight is 242 g/mol. The summed E-state index contributed by atoms with van der Waals surface area (Å²) in [5.41, 5.74) is 13.7. The van der Waals surface area contributed by atoms with Gasteiger partial charge in [0.1, 0.15) is 5.75 Å². The standard InChI is InChI=1S/C14H14N2O2/c1-8-2-3-10(7-13(8)17)14(18)9-4-5-11(15)12(16)6-9/h2-7,17H,15-16H2,1H3. The van der Waals surface area contributed by atoms with Gasteiger partial charge in [0.2, 0.25) is 0 Å². The zero-order valence-electron chi connectivity index (χ0n) is 9.97. The van der Waals surface area contributed by atoms with E-state index in [9.17, 15) is 9.90 Å². The van der Waals surface area contributed by atoms with E-state index in [-0.39, 0.29) is 11.5 Å². The fraction of sp³-hybridized carbons (Fsp3) is 0.0714. The summed E-state index contributed by atoms with van der Waals surface area (Å²) >= 11 is 0. The highest BCUT2D eigenvalue weighted by atomic mass is 16.3. The zero-order chi connectivity index (χ0) is 13.3. The van der Waals surface area contributed by atoms with Gasteiger partial charge in [-0.3, -0.25) is 4.79 Å². The van der Waals surface area contributed by atoms with Gasteiger partial charge in [-0.25, -0.2) is 0 Å². The molecule has 18 heavy (non-hydrogen) atoms. The molecule has 0 atom stereocenters. The van der Waals surface area contributed by atoms with E-state index in [1.807, 2.05) is 0 Å². The first-order chi connectivity index (χ1) is 8.49. The van der Waals surface area contributed by atoms with E-state index >= 15 is 0 Å². The molecule has 5 N–H and O–H groups in total. The zero-order valence-corrected chi connectivity index (χ0v) is 9.97. The van der Waals surface area contributed by atoms with Crippen molar-refractivity contribution in [2.24, 2.45) is 0 Å². The minimum Gasteiger partial charge on any atom is -0.508 e. The third kappa shape index (κ3) is 2.13. The molecule has 0 aliphatic carbocycles. The number of anilines is 2. The van der Waals surface area contributed by atoms with Crippen LogP contribution >= 0.6 is 0 Å². The third-order valence-corrected chi connectivity index (χ3v) is 2.82. The molecule has 0 fully saturated rings. The molecule has 0 amide bonds.